The summed E-state index contributed by atoms with van der Waals surface area (Å²) in [5.41, 5.74) is 1.20. The number of aromatic nitrogens is 3. The van der Waals surface area contributed by atoms with E-state index in [-0.39, 0.29) is 12.4 Å². The number of rotatable bonds is 5. The van der Waals surface area contributed by atoms with Gasteiger partial charge in [0, 0.05) is 5.56 Å². The van der Waals surface area contributed by atoms with Crippen LogP contribution in [0.4, 0.5) is 5.82 Å². The molecule has 0 atom stereocenters. The van der Waals surface area contributed by atoms with Gasteiger partial charge in [-0.15, -0.1) is 5.10 Å². The van der Waals surface area contributed by atoms with E-state index in [0.717, 1.165) is 0 Å². The lowest BCUT2D eigenvalue weighted by molar-refractivity contribution is -0.119. The molecule has 0 saturated heterocycles. The summed E-state index contributed by atoms with van der Waals surface area (Å²) in [5, 5.41) is 12.4. The number of carbonyl (C=O) groups is 1. The number of hydrogen-bond donors (Lipinski definition) is 4. The van der Waals surface area contributed by atoms with Crippen LogP contribution in [0.15, 0.2) is 32.9 Å². The van der Waals surface area contributed by atoms with Crippen LogP contribution in [-0.4, -0.2) is 33.8 Å². The van der Waals surface area contributed by atoms with E-state index in [1.54, 1.807) is 18.2 Å². The monoisotopic (exact) mass is 356 g/mol. The fourth-order valence-electron chi connectivity index (χ4n) is 1.47. The third-order valence-electron chi connectivity index (χ3n) is 2.51. The van der Waals surface area contributed by atoms with Crippen molar-refractivity contribution in [3.8, 4) is 0 Å². The van der Waals surface area contributed by atoms with Crippen molar-refractivity contribution >= 4 is 41.1 Å². The zero-order valence-corrected chi connectivity index (χ0v) is 12.9. The topological polar surface area (TPSA) is 132 Å². The van der Waals surface area contributed by atoms with Crippen LogP contribution in [0.1, 0.15) is 5.56 Å². The fourth-order valence-corrected chi connectivity index (χ4v) is 1.97. The van der Waals surface area contributed by atoms with Crippen LogP contribution >= 0.6 is 23.2 Å². The number of hydrazone groups is 1. The lowest BCUT2D eigenvalue weighted by Crippen LogP contribution is -2.31. The number of nitrogens with zero attached hydrogens (tertiary/aromatic N) is 2. The molecule has 0 saturated carbocycles. The van der Waals surface area contributed by atoms with Crippen molar-refractivity contribution in [3.63, 3.8) is 0 Å². The molecule has 2 aromatic rings. The van der Waals surface area contributed by atoms with Crippen LogP contribution in [0.2, 0.25) is 10.0 Å². The summed E-state index contributed by atoms with van der Waals surface area (Å²) in [6, 6.07) is 4.94. The highest BCUT2D eigenvalue weighted by atomic mass is 35.5. The molecule has 0 fully saturated rings. The fraction of sp³-hybridized carbons (Fsp3) is 0.0833. The van der Waals surface area contributed by atoms with Crippen LogP contribution < -0.4 is 22.0 Å². The zero-order chi connectivity index (χ0) is 16.8. The van der Waals surface area contributed by atoms with Gasteiger partial charge < -0.3 is 5.32 Å². The van der Waals surface area contributed by atoms with Crippen LogP contribution in [0.25, 0.3) is 0 Å². The smallest absolute Gasteiger partial charge is 0.342 e. The van der Waals surface area contributed by atoms with Gasteiger partial charge in [-0.2, -0.15) is 5.10 Å². The van der Waals surface area contributed by atoms with Crippen LogP contribution in [-0.2, 0) is 4.79 Å². The third kappa shape index (κ3) is 4.66. The lowest BCUT2D eigenvalue weighted by atomic mass is 10.2. The maximum Gasteiger partial charge on any atom is 0.342 e. The standard InChI is InChI=1S/C12H10Cl2N6O3/c13-7-2-1-3-8(14)6(7)4-16-18-9(21)5-15-10-11(22)17-12(23)20-19-10/h1-4H,5H2,(H,15,19)(H,18,21)(H2,17,20,22,23)/b16-4+. The van der Waals surface area contributed by atoms with Gasteiger partial charge in [-0.1, -0.05) is 29.3 Å². The average Bonchev–Trinajstić information content (AvgIpc) is 2.49. The van der Waals surface area contributed by atoms with E-state index in [2.05, 4.69) is 20.9 Å². The van der Waals surface area contributed by atoms with E-state index in [9.17, 15) is 14.4 Å². The summed E-state index contributed by atoms with van der Waals surface area (Å²) >= 11 is 11.9. The Bertz CT molecular complexity index is 840. The van der Waals surface area contributed by atoms with Crippen molar-refractivity contribution in [2.75, 3.05) is 11.9 Å². The molecule has 1 heterocycles. The number of benzene rings is 1. The Labute approximate surface area is 138 Å². The minimum atomic E-state index is -0.744. The van der Waals surface area contributed by atoms with Gasteiger partial charge in [0.2, 0.25) is 5.82 Å². The number of hydrogen-bond acceptors (Lipinski definition) is 6. The first-order chi connectivity index (χ1) is 11.0. The maximum atomic E-state index is 11.6. The molecule has 4 N–H and O–H groups in total. The molecule has 0 bridgehead atoms. The molecule has 2 rings (SSSR count). The highest BCUT2D eigenvalue weighted by molar-refractivity contribution is 6.38. The molecule has 0 aliphatic rings. The molecule has 0 radical (unpaired) electrons. The van der Waals surface area contributed by atoms with Gasteiger partial charge in [0.15, 0.2) is 0 Å². The second-order valence-electron chi connectivity index (χ2n) is 4.14. The molecule has 0 aliphatic heterocycles. The van der Waals surface area contributed by atoms with Gasteiger partial charge in [-0.25, -0.2) is 15.3 Å². The maximum absolute atomic E-state index is 11.6. The first kappa shape index (κ1) is 16.7. The third-order valence-corrected chi connectivity index (χ3v) is 3.17. The second kappa shape index (κ2) is 7.56. The van der Waals surface area contributed by atoms with Crippen LogP contribution in [0, 0.1) is 0 Å². The van der Waals surface area contributed by atoms with Crippen molar-refractivity contribution in [2.45, 2.75) is 0 Å². The summed E-state index contributed by atoms with van der Waals surface area (Å²) in [7, 11) is 0. The molecule has 1 amide bonds. The second-order valence-corrected chi connectivity index (χ2v) is 4.95. The Morgan fingerprint density at radius 1 is 1.30 bits per heavy atom. The van der Waals surface area contributed by atoms with Gasteiger partial charge in [-0.3, -0.25) is 14.6 Å². The SMILES string of the molecule is O=C(CNc1n[nH]c(=O)[nH]c1=O)N/N=C/c1c(Cl)cccc1Cl. The Morgan fingerprint density at radius 3 is 2.65 bits per heavy atom. The Morgan fingerprint density at radius 2 is 2.00 bits per heavy atom. The van der Waals surface area contributed by atoms with E-state index < -0.39 is 17.2 Å². The molecule has 9 nitrogen and oxygen atoms in total. The zero-order valence-electron chi connectivity index (χ0n) is 11.4. The minimum absolute atomic E-state index is 0.196. The minimum Gasteiger partial charge on any atom is -0.355 e. The lowest BCUT2D eigenvalue weighted by Gasteiger charge is -2.03. The van der Waals surface area contributed by atoms with E-state index >= 15 is 0 Å². The van der Waals surface area contributed by atoms with E-state index in [1.807, 2.05) is 10.1 Å². The molecule has 1 aromatic heterocycles. The summed E-state index contributed by atoms with van der Waals surface area (Å²) in [5.74, 6) is -0.741. The van der Waals surface area contributed by atoms with Gasteiger partial charge in [0.1, 0.15) is 0 Å². The molecule has 1 aromatic carbocycles. The highest BCUT2D eigenvalue weighted by Gasteiger charge is 2.05. The van der Waals surface area contributed by atoms with Gasteiger partial charge in [-0.05, 0) is 12.1 Å². The van der Waals surface area contributed by atoms with Crippen molar-refractivity contribution in [1.29, 1.82) is 0 Å². The van der Waals surface area contributed by atoms with Gasteiger partial charge in [0.05, 0.1) is 22.8 Å². The molecular formula is C12H10Cl2N6O3. The van der Waals surface area contributed by atoms with E-state index in [4.69, 9.17) is 23.2 Å². The molecule has 0 unspecified atom stereocenters. The molecule has 0 aliphatic carbocycles. The van der Waals surface area contributed by atoms with E-state index in [1.165, 1.54) is 6.21 Å². The van der Waals surface area contributed by atoms with Crippen molar-refractivity contribution in [2.24, 2.45) is 5.10 Å². The molecule has 120 valence electrons. The first-order valence-electron chi connectivity index (χ1n) is 6.16. The van der Waals surface area contributed by atoms with Crippen LogP contribution in [0.3, 0.4) is 0 Å². The number of anilines is 1. The predicted molar refractivity (Wildman–Crippen MR) is 86.2 cm³/mol. The quantitative estimate of drug-likeness (QED) is 0.452. The van der Waals surface area contributed by atoms with Crippen molar-refractivity contribution in [1.82, 2.24) is 20.6 Å². The van der Waals surface area contributed by atoms with Crippen molar-refractivity contribution in [3.05, 3.63) is 54.6 Å². The largest absolute Gasteiger partial charge is 0.355 e. The molecule has 11 heteroatoms. The number of H-pyrrole nitrogens is 2. The molecular weight excluding hydrogens is 347 g/mol. The van der Waals surface area contributed by atoms with Crippen LogP contribution in [0.5, 0.6) is 0 Å². The van der Waals surface area contributed by atoms with E-state index in [0.29, 0.717) is 15.6 Å². The average molecular weight is 357 g/mol. The first-order valence-corrected chi connectivity index (χ1v) is 6.92. The number of aromatic amines is 2. The molecule has 0 spiro atoms. The highest BCUT2D eigenvalue weighted by Crippen LogP contribution is 2.21. The number of amides is 1. The Hall–Kier alpha value is -2.65. The summed E-state index contributed by atoms with van der Waals surface area (Å²) in [6.45, 7) is -0.282. The summed E-state index contributed by atoms with van der Waals surface area (Å²) < 4.78 is 0. The number of carbonyl (C=O) groups excluding carboxylic acids is 1. The predicted octanol–water partition coefficient (Wildman–Crippen LogP) is 0.327. The number of nitrogens with one attached hydrogen (secondary N) is 4. The summed E-state index contributed by atoms with van der Waals surface area (Å²) in [4.78, 5) is 35.7. The number of halogens is 2. The van der Waals surface area contributed by atoms with Gasteiger partial charge >= 0.3 is 5.69 Å². The van der Waals surface area contributed by atoms with Gasteiger partial charge in [0.25, 0.3) is 11.5 Å². The van der Waals surface area contributed by atoms with Crippen molar-refractivity contribution < 1.29 is 4.79 Å². The molecule has 23 heavy (non-hydrogen) atoms. The Kier molecular flexibility index (Phi) is 5.50. The Balaban J connectivity index is 1.91. The normalized spacial score (nSPS) is 10.7. The summed E-state index contributed by atoms with van der Waals surface area (Å²) in [6.07, 6.45) is 1.30.